The molecule has 0 bridgehead atoms. The van der Waals surface area contributed by atoms with Gasteiger partial charge < -0.3 is 15.2 Å². The van der Waals surface area contributed by atoms with E-state index in [-0.39, 0.29) is 0 Å². The number of rotatable bonds is 6. The van der Waals surface area contributed by atoms with Gasteiger partial charge in [-0.15, -0.1) is 0 Å². The zero-order chi connectivity index (χ0) is 12.8. The predicted octanol–water partition coefficient (Wildman–Crippen LogP) is 2.19. The first-order chi connectivity index (χ1) is 8.81. The SMILES string of the molecule is CCNC[C@@H](O)COc1cccc2ccccc12. The number of likely N-dealkylation sites (N-methyl/N-ethyl adjacent to an activating group) is 1. The summed E-state index contributed by atoms with van der Waals surface area (Å²) in [5.41, 5.74) is 0. The summed E-state index contributed by atoms with van der Waals surface area (Å²) in [5.74, 6) is 0.823. The average molecular weight is 245 g/mol. The second-order valence-electron chi connectivity index (χ2n) is 4.25. The monoisotopic (exact) mass is 245 g/mol. The van der Waals surface area contributed by atoms with Gasteiger partial charge in [-0.05, 0) is 18.0 Å². The highest BCUT2D eigenvalue weighted by Gasteiger charge is 2.06. The van der Waals surface area contributed by atoms with E-state index in [0.717, 1.165) is 23.1 Å². The van der Waals surface area contributed by atoms with Gasteiger partial charge in [-0.2, -0.15) is 0 Å². The summed E-state index contributed by atoms with van der Waals surface area (Å²) in [6, 6.07) is 14.0. The Hall–Kier alpha value is -1.58. The molecule has 0 fully saturated rings. The zero-order valence-electron chi connectivity index (χ0n) is 10.6. The number of benzene rings is 2. The molecule has 1 atom stereocenters. The highest BCUT2D eigenvalue weighted by atomic mass is 16.5. The maximum Gasteiger partial charge on any atom is 0.127 e. The zero-order valence-corrected chi connectivity index (χ0v) is 10.6. The van der Waals surface area contributed by atoms with Crippen LogP contribution in [-0.2, 0) is 0 Å². The molecule has 0 aromatic heterocycles. The Morgan fingerprint density at radius 2 is 1.94 bits per heavy atom. The minimum absolute atomic E-state index is 0.307. The first kappa shape index (κ1) is 12.9. The van der Waals surface area contributed by atoms with Crippen LogP contribution < -0.4 is 10.1 Å². The largest absolute Gasteiger partial charge is 0.490 e. The molecule has 0 aliphatic carbocycles. The first-order valence-electron chi connectivity index (χ1n) is 6.30. The van der Waals surface area contributed by atoms with Crippen molar-refractivity contribution in [3.63, 3.8) is 0 Å². The van der Waals surface area contributed by atoms with Crippen LogP contribution in [0.2, 0.25) is 0 Å². The normalized spacial score (nSPS) is 12.6. The minimum atomic E-state index is -0.482. The Labute approximate surface area is 107 Å². The molecule has 0 spiro atoms. The number of hydrogen-bond donors (Lipinski definition) is 2. The van der Waals surface area contributed by atoms with Crippen LogP contribution in [0.3, 0.4) is 0 Å². The summed E-state index contributed by atoms with van der Waals surface area (Å²) in [7, 11) is 0. The molecule has 0 radical (unpaired) electrons. The van der Waals surface area contributed by atoms with E-state index in [0.29, 0.717) is 13.2 Å². The molecule has 0 aliphatic heterocycles. The van der Waals surface area contributed by atoms with Crippen molar-refractivity contribution in [2.45, 2.75) is 13.0 Å². The topological polar surface area (TPSA) is 41.5 Å². The van der Waals surface area contributed by atoms with Gasteiger partial charge in [0.2, 0.25) is 0 Å². The van der Waals surface area contributed by atoms with Crippen molar-refractivity contribution >= 4 is 10.8 Å². The maximum absolute atomic E-state index is 9.73. The van der Waals surface area contributed by atoms with Crippen molar-refractivity contribution < 1.29 is 9.84 Å². The smallest absolute Gasteiger partial charge is 0.127 e. The van der Waals surface area contributed by atoms with Crippen LogP contribution in [0.1, 0.15) is 6.92 Å². The van der Waals surface area contributed by atoms with E-state index in [4.69, 9.17) is 4.74 Å². The van der Waals surface area contributed by atoms with E-state index in [2.05, 4.69) is 17.4 Å². The van der Waals surface area contributed by atoms with Crippen molar-refractivity contribution in [1.29, 1.82) is 0 Å². The molecular formula is C15H19NO2. The van der Waals surface area contributed by atoms with Crippen molar-refractivity contribution in [3.8, 4) is 5.75 Å². The molecule has 2 rings (SSSR count). The molecule has 2 aromatic rings. The lowest BCUT2D eigenvalue weighted by molar-refractivity contribution is 0.108. The fourth-order valence-electron chi connectivity index (χ4n) is 1.88. The number of nitrogens with one attached hydrogen (secondary N) is 1. The van der Waals surface area contributed by atoms with E-state index in [1.165, 1.54) is 0 Å². The molecule has 96 valence electrons. The first-order valence-corrected chi connectivity index (χ1v) is 6.30. The van der Waals surface area contributed by atoms with Gasteiger partial charge in [0.15, 0.2) is 0 Å². The second kappa shape index (κ2) is 6.38. The van der Waals surface area contributed by atoms with Crippen LogP contribution in [0, 0.1) is 0 Å². The number of aliphatic hydroxyl groups is 1. The van der Waals surface area contributed by atoms with E-state index in [1.807, 2.05) is 37.3 Å². The molecule has 0 heterocycles. The summed E-state index contributed by atoms with van der Waals surface area (Å²) in [6.07, 6.45) is -0.482. The van der Waals surface area contributed by atoms with Gasteiger partial charge in [-0.1, -0.05) is 43.3 Å². The Bertz CT molecular complexity index is 493. The minimum Gasteiger partial charge on any atom is -0.490 e. The Morgan fingerprint density at radius 3 is 2.78 bits per heavy atom. The maximum atomic E-state index is 9.73. The molecule has 0 unspecified atom stereocenters. The van der Waals surface area contributed by atoms with Crippen molar-refractivity contribution in [3.05, 3.63) is 42.5 Å². The van der Waals surface area contributed by atoms with Gasteiger partial charge >= 0.3 is 0 Å². The summed E-state index contributed by atoms with van der Waals surface area (Å²) >= 11 is 0. The van der Waals surface area contributed by atoms with Gasteiger partial charge in [0.1, 0.15) is 18.5 Å². The quantitative estimate of drug-likeness (QED) is 0.819. The number of hydrogen-bond acceptors (Lipinski definition) is 3. The Balaban J connectivity index is 2.03. The van der Waals surface area contributed by atoms with Crippen LogP contribution in [0.15, 0.2) is 42.5 Å². The highest BCUT2D eigenvalue weighted by Crippen LogP contribution is 2.25. The summed E-state index contributed by atoms with van der Waals surface area (Å²) in [6.45, 7) is 3.73. The molecule has 2 aromatic carbocycles. The van der Waals surface area contributed by atoms with Gasteiger partial charge in [0.25, 0.3) is 0 Å². The third kappa shape index (κ3) is 3.22. The standard InChI is InChI=1S/C15H19NO2/c1-2-16-10-13(17)11-18-15-9-5-7-12-6-3-4-8-14(12)15/h3-9,13,16-17H,2,10-11H2,1H3/t13-/m1/s1. The summed E-state index contributed by atoms with van der Waals surface area (Å²) in [4.78, 5) is 0. The third-order valence-electron chi connectivity index (χ3n) is 2.81. The number of ether oxygens (including phenoxy) is 1. The fourth-order valence-corrected chi connectivity index (χ4v) is 1.88. The van der Waals surface area contributed by atoms with Crippen LogP contribution >= 0.6 is 0 Å². The second-order valence-corrected chi connectivity index (χ2v) is 4.25. The number of fused-ring (bicyclic) bond motifs is 1. The molecule has 0 saturated heterocycles. The molecule has 18 heavy (non-hydrogen) atoms. The highest BCUT2D eigenvalue weighted by molar-refractivity contribution is 5.88. The number of aliphatic hydroxyl groups excluding tert-OH is 1. The molecule has 3 nitrogen and oxygen atoms in total. The molecule has 0 amide bonds. The van der Waals surface area contributed by atoms with Crippen LogP contribution in [0.5, 0.6) is 5.75 Å². The van der Waals surface area contributed by atoms with Gasteiger partial charge in [-0.3, -0.25) is 0 Å². The van der Waals surface area contributed by atoms with Gasteiger partial charge in [-0.25, -0.2) is 0 Å². The van der Waals surface area contributed by atoms with Gasteiger partial charge in [0.05, 0.1) is 0 Å². The summed E-state index contributed by atoms with van der Waals surface area (Å²) < 4.78 is 5.69. The molecule has 0 saturated carbocycles. The summed E-state index contributed by atoms with van der Waals surface area (Å²) in [5, 5.41) is 15.0. The van der Waals surface area contributed by atoms with Crippen molar-refractivity contribution in [2.24, 2.45) is 0 Å². The van der Waals surface area contributed by atoms with Crippen molar-refractivity contribution in [2.75, 3.05) is 19.7 Å². The van der Waals surface area contributed by atoms with E-state index in [9.17, 15) is 5.11 Å². The van der Waals surface area contributed by atoms with Crippen molar-refractivity contribution in [1.82, 2.24) is 5.32 Å². The van der Waals surface area contributed by atoms with Gasteiger partial charge in [0, 0.05) is 11.9 Å². The van der Waals surface area contributed by atoms with E-state index >= 15 is 0 Å². The molecule has 3 heteroatoms. The lowest BCUT2D eigenvalue weighted by atomic mass is 10.1. The fraction of sp³-hybridized carbons (Fsp3) is 0.333. The van der Waals surface area contributed by atoms with E-state index < -0.39 is 6.10 Å². The molecular weight excluding hydrogens is 226 g/mol. The van der Waals surface area contributed by atoms with Crippen LogP contribution in [0.25, 0.3) is 10.8 Å². The predicted molar refractivity (Wildman–Crippen MR) is 74.0 cm³/mol. The van der Waals surface area contributed by atoms with E-state index in [1.54, 1.807) is 0 Å². The third-order valence-corrected chi connectivity index (χ3v) is 2.81. The Kier molecular flexibility index (Phi) is 4.56. The molecule has 2 N–H and O–H groups in total. The van der Waals surface area contributed by atoms with Crippen LogP contribution in [0.4, 0.5) is 0 Å². The Morgan fingerprint density at radius 1 is 1.17 bits per heavy atom. The van der Waals surface area contributed by atoms with Crippen LogP contribution in [-0.4, -0.2) is 30.9 Å². The lowest BCUT2D eigenvalue weighted by Crippen LogP contribution is -2.31. The molecule has 0 aliphatic rings. The average Bonchev–Trinajstić information content (AvgIpc) is 2.42. The lowest BCUT2D eigenvalue weighted by Gasteiger charge is -2.14.